The van der Waals surface area contributed by atoms with E-state index in [1.807, 2.05) is 6.92 Å². The molecule has 0 fully saturated rings. The third-order valence-corrected chi connectivity index (χ3v) is 2.71. The van der Waals surface area contributed by atoms with Gasteiger partial charge in [-0.15, -0.1) is 5.10 Å². The molecule has 7 heteroatoms. The van der Waals surface area contributed by atoms with Crippen molar-refractivity contribution in [3.05, 3.63) is 18.2 Å². The van der Waals surface area contributed by atoms with Crippen LogP contribution in [-0.2, 0) is 0 Å². The van der Waals surface area contributed by atoms with Gasteiger partial charge in [0.2, 0.25) is 5.16 Å². The van der Waals surface area contributed by atoms with Crippen molar-refractivity contribution >= 4 is 17.6 Å². The zero-order valence-electron chi connectivity index (χ0n) is 9.77. The second-order valence-corrected chi connectivity index (χ2v) is 4.46. The molecule has 90 valence electrons. The number of aromatic amines is 1. The van der Waals surface area contributed by atoms with E-state index in [2.05, 4.69) is 37.4 Å². The summed E-state index contributed by atoms with van der Waals surface area (Å²) in [7, 11) is 0. The molecular weight excluding hydrogens is 236 g/mol. The Labute approximate surface area is 104 Å². The summed E-state index contributed by atoms with van der Waals surface area (Å²) < 4.78 is 0. The van der Waals surface area contributed by atoms with Crippen LogP contribution in [-0.4, -0.2) is 31.7 Å². The van der Waals surface area contributed by atoms with Crippen molar-refractivity contribution in [2.45, 2.75) is 30.5 Å². The summed E-state index contributed by atoms with van der Waals surface area (Å²) in [5.41, 5.74) is 0. The molecule has 0 saturated heterocycles. The van der Waals surface area contributed by atoms with Crippen molar-refractivity contribution in [1.29, 1.82) is 0 Å². The van der Waals surface area contributed by atoms with E-state index in [1.165, 1.54) is 11.8 Å². The van der Waals surface area contributed by atoms with E-state index in [0.717, 1.165) is 29.6 Å². The van der Waals surface area contributed by atoms with Crippen LogP contribution in [0.1, 0.15) is 19.2 Å². The topological polar surface area (TPSA) is 79.4 Å². The second-order valence-electron chi connectivity index (χ2n) is 3.47. The molecule has 17 heavy (non-hydrogen) atoms. The fourth-order valence-corrected chi connectivity index (χ4v) is 1.92. The minimum atomic E-state index is 0.657. The number of rotatable bonds is 5. The molecule has 2 rings (SSSR count). The number of H-pyrrole nitrogens is 1. The van der Waals surface area contributed by atoms with Gasteiger partial charge in [-0.25, -0.2) is 9.97 Å². The van der Waals surface area contributed by atoms with Gasteiger partial charge in [-0.3, -0.25) is 10.1 Å². The molecule has 0 bridgehead atoms. The number of aryl methyl sites for hydroxylation is 1. The van der Waals surface area contributed by atoms with Crippen LogP contribution in [0.15, 0.2) is 22.6 Å². The summed E-state index contributed by atoms with van der Waals surface area (Å²) >= 11 is 1.39. The lowest BCUT2D eigenvalue weighted by atomic mass is 10.5. The molecule has 0 amide bonds. The molecule has 0 radical (unpaired) electrons. The fourth-order valence-electron chi connectivity index (χ4n) is 1.20. The molecule has 0 spiro atoms. The summed E-state index contributed by atoms with van der Waals surface area (Å²) in [6.45, 7) is 4.86. The van der Waals surface area contributed by atoms with Gasteiger partial charge >= 0.3 is 0 Å². The third kappa shape index (κ3) is 3.42. The second kappa shape index (κ2) is 5.62. The van der Waals surface area contributed by atoms with Crippen molar-refractivity contribution in [3.8, 4) is 0 Å². The number of aromatic nitrogens is 5. The summed E-state index contributed by atoms with van der Waals surface area (Å²) in [6.07, 6.45) is 4.47. The molecular formula is C10H14N6S. The lowest BCUT2D eigenvalue weighted by Gasteiger charge is -2.03. The van der Waals surface area contributed by atoms with Gasteiger partial charge in [0.1, 0.15) is 16.7 Å². The standard InChI is InChI=1S/C10H14N6S/c1-3-4-12-8-5-11-6-9(14-8)17-10-13-7(2)15-16-10/h5-6H,3-4H2,1-2H3,(H,12,14)(H,13,15,16). The maximum absolute atomic E-state index is 4.41. The Morgan fingerprint density at radius 1 is 1.35 bits per heavy atom. The highest BCUT2D eigenvalue weighted by Crippen LogP contribution is 2.22. The van der Waals surface area contributed by atoms with E-state index in [0.29, 0.717) is 5.16 Å². The quantitative estimate of drug-likeness (QED) is 0.843. The molecule has 0 unspecified atom stereocenters. The van der Waals surface area contributed by atoms with Crippen LogP contribution in [0.5, 0.6) is 0 Å². The van der Waals surface area contributed by atoms with E-state index >= 15 is 0 Å². The molecule has 0 aromatic carbocycles. The van der Waals surface area contributed by atoms with Gasteiger partial charge in [-0.05, 0) is 25.1 Å². The zero-order chi connectivity index (χ0) is 12.1. The monoisotopic (exact) mass is 250 g/mol. The van der Waals surface area contributed by atoms with Gasteiger partial charge < -0.3 is 5.32 Å². The SMILES string of the molecule is CCCNc1cncc(Sc2n[nH]c(C)n2)n1. The van der Waals surface area contributed by atoms with Gasteiger partial charge in [0.15, 0.2) is 0 Å². The lowest BCUT2D eigenvalue weighted by molar-refractivity contribution is 0.939. The Hall–Kier alpha value is -1.63. The Morgan fingerprint density at radius 2 is 2.24 bits per heavy atom. The number of hydrogen-bond donors (Lipinski definition) is 2. The Bertz CT molecular complexity index is 483. The maximum Gasteiger partial charge on any atom is 0.214 e. The highest BCUT2D eigenvalue weighted by Gasteiger charge is 2.05. The van der Waals surface area contributed by atoms with Crippen LogP contribution in [0.25, 0.3) is 0 Å². The van der Waals surface area contributed by atoms with Crippen LogP contribution >= 0.6 is 11.8 Å². The van der Waals surface area contributed by atoms with Crippen molar-refractivity contribution < 1.29 is 0 Å². The Morgan fingerprint density at radius 3 is 2.94 bits per heavy atom. The van der Waals surface area contributed by atoms with Crippen LogP contribution < -0.4 is 5.32 Å². The Kier molecular flexibility index (Phi) is 3.92. The first kappa shape index (κ1) is 11.8. The van der Waals surface area contributed by atoms with E-state index in [4.69, 9.17) is 0 Å². The van der Waals surface area contributed by atoms with Gasteiger partial charge in [0.25, 0.3) is 0 Å². The number of nitrogens with one attached hydrogen (secondary N) is 2. The first-order chi connectivity index (χ1) is 8.28. The fraction of sp³-hybridized carbons (Fsp3) is 0.400. The predicted molar refractivity (Wildman–Crippen MR) is 66.1 cm³/mol. The molecule has 0 aliphatic heterocycles. The normalized spacial score (nSPS) is 10.5. The third-order valence-electron chi connectivity index (χ3n) is 1.94. The molecule has 0 aliphatic carbocycles. The smallest absolute Gasteiger partial charge is 0.214 e. The summed E-state index contributed by atoms with van der Waals surface area (Å²) in [5.74, 6) is 1.57. The molecule has 2 aromatic rings. The van der Waals surface area contributed by atoms with Gasteiger partial charge in [0, 0.05) is 6.54 Å². The van der Waals surface area contributed by atoms with E-state index in [1.54, 1.807) is 12.4 Å². The summed E-state index contributed by atoms with van der Waals surface area (Å²) in [5, 5.41) is 11.5. The van der Waals surface area contributed by atoms with Crippen LogP contribution in [0.4, 0.5) is 5.82 Å². The van der Waals surface area contributed by atoms with Gasteiger partial charge in [-0.1, -0.05) is 6.92 Å². The average molecular weight is 250 g/mol. The van der Waals surface area contributed by atoms with Crippen molar-refractivity contribution in [2.75, 3.05) is 11.9 Å². The first-order valence-corrected chi connectivity index (χ1v) is 6.22. The molecule has 2 aromatic heterocycles. The van der Waals surface area contributed by atoms with E-state index < -0.39 is 0 Å². The van der Waals surface area contributed by atoms with Crippen LogP contribution in [0.3, 0.4) is 0 Å². The highest BCUT2D eigenvalue weighted by molar-refractivity contribution is 7.99. The molecule has 0 aliphatic rings. The predicted octanol–water partition coefficient (Wildman–Crippen LogP) is 1.88. The van der Waals surface area contributed by atoms with Gasteiger partial charge in [-0.2, -0.15) is 0 Å². The molecule has 0 saturated carbocycles. The minimum Gasteiger partial charge on any atom is -0.369 e. The largest absolute Gasteiger partial charge is 0.369 e. The molecule has 2 heterocycles. The number of nitrogens with zero attached hydrogens (tertiary/aromatic N) is 4. The summed E-state index contributed by atoms with van der Waals surface area (Å²) in [6, 6.07) is 0. The first-order valence-electron chi connectivity index (χ1n) is 5.40. The van der Waals surface area contributed by atoms with E-state index in [-0.39, 0.29) is 0 Å². The number of hydrogen-bond acceptors (Lipinski definition) is 6. The number of anilines is 1. The van der Waals surface area contributed by atoms with Crippen molar-refractivity contribution in [3.63, 3.8) is 0 Å². The summed E-state index contributed by atoms with van der Waals surface area (Å²) in [4.78, 5) is 12.7. The minimum absolute atomic E-state index is 0.657. The van der Waals surface area contributed by atoms with Crippen LogP contribution in [0, 0.1) is 6.92 Å². The van der Waals surface area contributed by atoms with Gasteiger partial charge in [0.05, 0.1) is 12.4 Å². The van der Waals surface area contributed by atoms with Crippen molar-refractivity contribution in [2.24, 2.45) is 0 Å². The molecule has 0 atom stereocenters. The average Bonchev–Trinajstić information content (AvgIpc) is 2.73. The molecule has 2 N–H and O–H groups in total. The molecule has 6 nitrogen and oxygen atoms in total. The van der Waals surface area contributed by atoms with E-state index in [9.17, 15) is 0 Å². The Balaban J connectivity index is 2.05. The maximum atomic E-state index is 4.41. The lowest BCUT2D eigenvalue weighted by Crippen LogP contribution is -2.02. The highest BCUT2D eigenvalue weighted by atomic mass is 32.2. The zero-order valence-corrected chi connectivity index (χ0v) is 10.6. The van der Waals surface area contributed by atoms with Crippen molar-refractivity contribution in [1.82, 2.24) is 25.1 Å². The van der Waals surface area contributed by atoms with Crippen LogP contribution in [0.2, 0.25) is 0 Å².